The number of thiophene rings is 1. The number of nitrogens with one attached hydrogen (secondary N) is 1. The molecule has 0 saturated carbocycles. The van der Waals surface area contributed by atoms with E-state index >= 15 is 0 Å². The summed E-state index contributed by atoms with van der Waals surface area (Å²) in [7, 11) is 0. The monoisotopic (exact) mass is 273 g/mol. The van der Waals surface area contributed by atoms with E-state index in [2.05, 4.69) is 5.32 Å². The molecule has 1 heterocycles. The SMILES string of the molecule is O=C(/C=C/c1ccccc1)Nc1ccc(C(=O)O)s1. The van der Waals surface area contributed by atoms with Crippen LogP contribution >= 0.6 is 11.3 Å². The maximum atomic E-state index is 11.6. The number of carbonyl (C=O) groups excluding carboxylic acids is 1. The van der Waals surface area contributed by atoms with Crippen LogP contribution < -0.4 is 5.32 Å². The minimum absolute atomic E-state index is 0.197. The lowest BCUT2D eigenvalue weighted by Gasteiger charge is -1.96. The maximum absolute atomic E-state index is 11.6. The van der Waals surface area contributed by atoms with E-state index in [0.29, 0.717) is 5.00 Å². The van der Waals surface area contributed by atoms with E-state index in [1.807, 2.05) is 30.3 Å². The standard InChI is InChI=1S/C14H11NO3S/c16-12(8-6-10-4-2-1-3-5-10)15-13-9-7-11(19-13)14(17)18/h1-9H,(H,15,16)(H,17,18)/b8-6+. The smallest absolute Gasteiger partial charge is 0.345 e. The Morgan fingerprint density at radius 1 is 1.11 bits per heavy atom. The van der Waals surface area contributed by atoms with Crippen molar-refractivity contribution in [3.8, 4) is 0 Å². The van der Waals surface area contributed by atoms with Gasteiger partial charge in [0.1, 0.15) is 4.88 Å². The molecule has 0 aliphatic rings. The Kier molecular flexibility index (Phi) is 4.10. The number of carboxylic acid groups (broad SMARTS) is 1. The number of hydrogen-bond acceptors (Lipinski definition) is 3. The van der Waals surface area contributed by atoms with Crippen molar-refractivity contribution in [3.05, 3.63) is 59.0 Å². The summed E-state index contributed by atoms with van der Waals surface area (Å²) in [6, 6.07) is 12.5. The minimum Gasteiger partial charge on any atom is -0.477 e. The molecule has 0 atom stereocenters. The van der Waals surface area contributed by atoms with Crippen molar-refractivity contribution in [3.63, 3.8) is 0 Å². The van der Waals surface area contributed by atoms with Gasteiger partial charge in [-0.05, 0) is 23.8 Å². The van der Waals surface area contributed by atoms with Crippen molar-refractivity contribution >= 4 is 34.3 Å². The molecule has 19 heavy (non-hydrogen) atoms. The van der Waals surface area contributed by atoms with Gasteiger partial charge in [0.05, 0.1) is 5.00 Å². The second-order valence-corrected chi connectivity index (χ2v) is 4.79. The van der Waals surface area contributed by atoms with Crippen LogP contribution in [0.4, 0.5) is 5.00 Å². The van der Waals surface area contributed by atoms with Crippen LogP contribution in [-0.4, -0.2) is 17.0 Å². The molecular formula is C14H11NO3S. The lowest BCUT2D eigenvalue weighted by Crippen LogP contribution is -2.06. The number of aromatic carboxylic acids is 1. The Hall–Kier alpha value is -2.40. The van der Waals surface area contributed by atoms with E-state index in [0.717, 1.165) is 16.9 Å². The highest BCUT2D eigenvalue weighted by atomic mass is 32.1. The van der Waals surface area contributed by atoms with E-state index in [1.54, 1.807) is 12.1 Å². The van der Waals surface area contributed by atoms with Crippen LogP contribution in [0.15, 0.2) is 48.5 Å². The quantitative estimate of drug-likeness (QED) is 0.841. The van der Waals surface area contributed by atoms with Crippen LogP contribution in [0.25, 0.3) is 6.08 Å². The highest BCUT2D eigenvalue weighted by Gasteiger charge is 2.07. The zero-order chi connectivity index (χ0) is 13.7. The third-order valence-electron chi connectivity index (χ3n) is 2.29. The molecule has 2 rings (SSSR count). The fourth-order valence-electron chi connectivity index (χ4n) is 1.42. The van der Waals surface area contributed by atoms with E-state index in [4.69, 9.17) is 5.11 Å². The van der Waals surface area contributed by atoms with Crippen molar-refractivity contribution in [1.29, 1.82) is 0 Å². The third kappa shape index (κ3) is 3.79. The van der Waals surface area contributed by atoms with Gasteiger partial charge in [-0.1, -0.05) is 30.3 Å². The molecular weight excluding hydrogens is 262 g/mol. The Balaban J connectivity index is 1.97. The predicted octanol–water partition coefficient (Wildman–Crippen LogP) is 3.10. The van der Waals surface area contributed by atoms with Gasteiger partial charge in [-0.2, -0.15) is 0 Å². The molecule has 4 nitrogen and oxygen atoms in total. The number of amides is 1. The molecule has 0 spiro atoms. The largest absolute Gasteiger partial charge is 0.477 e. The number of anilines is 1. The Morgan fingerprint density at radius 2 is 1.84 bits per heavy atom. The molecule has 1 aromatic heterocycles. The first kappa shape index (κ1) is 13.0. The summed E-state index contributed by atoms with van der Waals surface area (Å²) in [5.41, 5.74) is 0.926. The third-order valence-corrected chi connectivity index (χ3v) is 3.28. The molecule has 0 bridgehead atoms. The average molecular weight is 273 g/mol. The van der Waals surface area contributed by atoms with E-state index < -0.39 is 5.97 Å². The van der Waals surface area contributed by atoms with Gasteiger partial charge in [0.25, 0.3) is 0 Å². The van der Waals surface area contributed by atoms with Gasteiger partial charge >= 0.3 is 5.97 Å². The van der Waals surface area contributed by atoms with Gasteiger partial charge in [0, 0.05) is 6.08 Å². The molecule has 1 amide bonds. The summed E-state index contributed by atoms with van der Waals surface area (Å²) in [5.74, 6) is -1.28. The van der Waals surface area contributed by atoms with E-state index in [9.17, 15) is 9.59 Å². The van der Waals surface area contributed by atoms with Gasteiger partial charge in [-0.25, -0.2) is 4.79 Å². The normalized spacial score (nSPS) is 10.5. The van der Waals surface area contributed by atoms with Crippen molar-refractivity contribution in [2.75, 3.05) is 5.32 Å². The Labute approximate surface area is 114 Å². The minimum atomic E-state index is -0.995. The van der Waals surface area contributed by atoms with Crippen molar-refractivity contribution < 1.29 is 14.7 Å². The first-order chi connectivity index (χ1) is 9.15. The fourth-order valence-corrected chi connectivity index (χ4v) is 2.17. The number of benzene rings is 1. The topological polar surface area (TPSA) is 66.4 Å². The summed E-state index contributed by atoms with van der Waals surface area (Å²) in [6.07, 6.45) is 3.11. The summed E-state index contributed by atoms with van der Waals surface area (Å²) < 4.78 is 0. The zero-order valence-corrected chi connectivity index (χ0v) is 10.7. The van der Waals surface area contributed by atoms with Crippen LogP contribution in [0.5, 0.6) is 0 Å². The molecule has 0 saturated heterocycles. The summed E-state index contributed by atoms with van der Waals surface area (Å²) >= 11 is 1.03. The van der Waals surface area contributed by atoms with E-state index in [-0.39, 0.29) is 10.8 Å². The van der Waals surface area contributed by atoms with Crippen molar-refractivity contribution in [2.24, 2.45) is 0 Å². The van der Waals surface area contributed by atoms with Gasteiger partial charge < -0.3 is 10.4 Å². The van der Waals surface area contributed by atoms with Crippen LogP contribution in [0.3, 0.4) is 0 Å². The molecule has 0 aliphatic carbocycles. The van der Waals surface area contributed by atoms with Crippen molar-refractivity contribution in [2.45, 2.75) is 0 Å². The summed E-state index contributed by atoms with van der Waals surface area (Å²) in [6.45, 7) is 0. The van der Waals surface area contributed by atoms with Crippen LogP contribution in [0.2, 0.25) is 0 Å². The van der Waals surface area contributed by atoms with Crippen molar-refractivity contribution in [1.82, 2.24) is 0 Å². The number of carboxylic acids is 1. The molecule has 1 aromatic carbocycles. The number of carbonyl (C=O) groups is 2. The Morgan fingerprint density at radius 3 is 2.47 bits per heavy atom. The number of rotatable bonds is 4. The second-order valence-electron chi connectivity index (χ2n) is 3.70. The van der Waals surface area contributed by atoms with Gasteiger partial charge in [-0.15, -0.1) is 11.3 Å². The lowest BCUT2D eigenvalue weighted by molar-refractivity contribution is -0.111. The lowest BCUT2D eigenvalue weighted by atomic mass is 10.2. The predicted molar refractivity (Wildman–Crippen MR) is 75.4 cm³/mol. The molecule has 0 fully saturated rings. The average Bonchev–Trinajstić information content (AvgIpc) is 2.86. The van der Waals surface area contributed by atoms with Gasteiger partial charge in [-0.3, -0.25) is 4.79 Å². The molecule has 0 aliphatic heterocycles. The highest BCUT2D eigenvalue weighted by Crippen LogP contribution is 2.21. The van der Waals surface area contributed by atoms with Crippen LogP contribution in [0.1, 0.15) is 15.2 Å². The first-order valence-corrected chi connectivity index (χ1v) is 6.34. The summed E-state index contributed by atoms with van der Waals surface area (Å²) in [4.78, 5) is 22.5. The van der Waals surface area contributed by atoms with Crippen LogP contribution in [-0.2, 0) is 4.79 Å². The highest BCUT2D eigenvalue weighted by molar-refractivity contribution is 7.18. The molecule has 2 N–H and O–H groups in total. The van der Waals surface area contributed by atoms with E-state index in [1.165, 1.54) is 12.1 Å². The van der Waals surface area contributed by atoms with Crippen LogP contribution in [0, 0.1) is 0 Å². The molecule has 0 radical (unpaired) electrons. The first-order valence-electron chi connectivity index (χ1n) is 5.52. The number of hydrogen-bond donors (Lipinski definition) is 2. The Bertz CT molecular complexity index is 617. The molecule has 0 unspecified atom stereocenters. The van der Waals surface area contributed by atoms with Gasteiger partial charge in [0.15, 0.2) is 0 Å². The second kappa shape index (κ2) is 5.97. The molecule has 2 aromatic rings. The maximum Gasteiger partial charge on any atom is 0.345 e. The zero-order valence-electron chi connectivity index (χ0n) is 9.87. The van der Waals surface area contributed by atoms with Gasteiger partial charge in [0.2, 0.25) is 5.91 Å². The molecule has 96 valence electrons. The fraction of sp³-hybridized carbons (Fsp3) is 0. The summed E-state index contributed by atoms with van der Waals surface area (Å²) in [5, 5.41) is 11.9. The molecule has 5 heteroatoms.